The van der Waals surface area contributed by atoms with Crippen LogP contribution in [0.15, 0.2) is 60.7 Å². The van der Waals surface area contributed by atoms with Crippen LogP contribution in [0.4, 0.5) is 0 Å². The molecule has 0 spiro atoms. The van der Waals surface area contributed by atoms with E-state index in [1.54, 1.807) is 6.92 Å². The molecule has 2 aliphatic rings. The molecule has 0 saturated carbocycles. The molecule has 2 aromatic carbocycles. The zero-order chi connectivity index (χ0) is 40.7. The summed E-state index contributed by atoms with van der Waals surface area (Å²) < 4.78 is 10.8. The number of hydrogen-bond donors (Lipinski definition) is 3. The first-order chi connectivity index (χ1) is 26.3. The Hall–Kier alpha value is -2.90. The van der Waals surface area contributed by atoms with Crippen molar-refractivity contribution in [3.05, 3.63) is 71.8 Å². The number of esters is 2. The highest BCUT2D eigenvalue weighted by molar-refractivity contribution is 5.69. The SMILES string of the molecule is CC(CCC(=O)OCc1ccccc1)N1CCNCC(C)(N)C1.CCN1CCN(C(C)CCC(=O)OCc2ccccc2)CC(C)(N(CC)CC)C1.CCO. The zero-order valence-electron chi connectivity index (χ0n) is 35.6. The van der Waals surface area contributed by atoms with Crippen LogP contribution in [-0.2, 0) is 32.3 Å². The molecule has 312 valence electrons. The topological polar surface area (TPSA) is 124 Å². The number of hydrogen-bond acceptors (Lipinski definition) is 11. The van der Waals surface area contributed by atoms with Gasteiger partial charge in [0, 0.05) is 95.0 Å². The average Bonchev–Trinajstić information content (AvgIpc) is 3.48. The molecule has 0 aliphatic carbocycles. The monoisotopic (exact) mass is 769 g/mol. The van der Waals surface area contributed by atoms with E-state index in [1.165, 1.54) is 0 Å². The summed E-state index contributed by atoms with van der Waals surface area (Å²) in [6.07, 6.45) is 2.56. The van der Waals surface area contributed by atoms with Gasteiger partial charge in [0.2, 0.25) is 0 Å². The number of nitrogens with two attached hydrogens (primary N) is 1. The summed E-state index contributed by atoms with van der Waals surface area (Å²) in [7, 11) is 0. The van der Waals surface area contributed by atoms with Crippen LogP contribution in [0.3, 0.4) is 0 Å². The molecule has 11 heteroatoms. The third-order valence-electron chi connectivity index (χ3n) is 10.7. The molecular formula is C44H76N6O5. The highest BCUT2D eigenvalue weighted by atomic mass is 16.5. The highest BCUT2D eigenvalue weighted by Crippen LogP contribution is 2.24. The summed E-state index contributed by atoms with van der Waals surface area (Å²) in [5.41, 5.74) is 8.25. The van der Waals surface area contributed by atoms with Crippen molar-refractivity contribution in [2.24, 2.45) is 5.73 Å². The van der Waals surface area contributed by atoms with Crippen molar-refractivity contribution in [1.82, 2.24) is 24.9 Å². The van der Waals surface area contributed by atoms with Gasteiger partial charge in [-0.3, -0.25) is 24.3 Å². The largest absolute Gasteiger partial charge is 0.461 e. The quantitative estimate of drug-likeness (QED) is 0.197. The van der Waals surface area contributed by atoms with Gasteiger partial charge in [0.15, 0.2) is 0 Å². The molecule has 2 aliphatic heterocycles. The second-order valence-corrected chi connectivity index (χ2v) is 15.7. The number of rotatable bonds is 16. The van der Waals surface area contributed by atoms with Crippen LogP contribution in [0.5, 0.6) is 0 Å². The summed E-state index contributed by atoms with van der Waals surface area (Å²) in [6.45, 7) is 29.4. The van der Waals surface area contributed by atoms with Crippen LogP contribution in [0.1, 0.15) is 92.2 Å². The van der Waals surface area contributed by atoms with Gasteiger partial charge in [0.25, 0.3) is 0 Å². The second kappa shape index (κ2) is 26.1. The molecule has 4 N–H and O–H groups in total. The first-order valence-electron chi connectivity index (χ1n) is 20.7. The minimum atomic E-state index is -0.224. The molecule has 2 saturated heterocycles. The van der Waals surface area contributed by atoms with Crippen molar-refractivity contribution in [3.8, 4) is 0 Å². The molecular weight excluding hydrogens is 693 g/mol. The number of aliphatic hydroxyl groups is 1. The molecule has 4 atom stereocenters. The lowest BCUT2D eigenvalue weighted by Crippen LogP contribution is -2.58. The van der Waals surface area contributed by atoms with E-state index in [9.17, 15) is 9.59 Å². The van der Waals surface area contributed by atoms with Gasteiger partial charge >= 0.3 is 11.9 Å². The van der Waals surface area contributed by atoms with Gasteiger partial charge in [-0.15, -0.1) is 0 Å². The number of likely N-dealkylation sites (N-methyl/N-ethyl adjacent to an activating group) is 2. The molecule has 2 heterocycles. The van der Waals surface area contributed by atoms with E-state index >= 15 is 0 Å². The van der Waals surface area contributed by atoms with Gasteiger partial charge in [0.05, 0.1) is 0 Å². The van der Waals surface area contributed by atoms with E-state index in [0.29, 0.717) is 38.1 Å². The Balaban J connectivity index is 0.000000363. The van der Waals surface area contributed by atoms with E-state index in [1.807, 2.05) is 60.7 Å². The Bertz CT molecular complexity index is 1310. The molecule has 0 aromatic heterocycles. The Kier molecular flexibility index (Phi) is 22.9. The fourth-order valence-corrected chi connectivity index (χ4v) is 7.44. The van der Waals surface area contributed by atoms with Crippen LogP contribution in [-0.4, -0.2) is 138 Å². The number of nitrogens with zero attached hydrogens (tertiary/aromatic N) is 4. The van der Waals surface area contributed by atoms with E-state index in [4.69, 9.17) is 20.3 Å². The number of carbonyl (C=O) groups excluding carboxylic acids is 2. The number of aliphatic hydroxyl groups excluding tert-OH is 1. The van der Waals surface area contributed by atoms with Crippen molar-refractivity contribution in [2.45, 2.75) is 117 Å². The number of benzene rings is 2. The van der Waals surface area contributed by atoms with Gasteiger partial charge < -0.3 is 30.5 Å². The minimum Gasteiger partial charge on any atom is -0.461 e. The zero-order valence-corrected chi connectivity index (χ0v) is 35.6. The van der Waals surface area contributed by atoms with Crippen LogP contribution in [0.25, 0.3) is 0 Å². The van der Waals surface area contributed by atoms with Crippen LogP contribution >= 0.6 is 0 Å². The minimum absolute atomic E-state index is 0.0998. The lowest BCUT2D eigenvalue weighted by molar-refractivity contribution is -0.146. The fraction of sp³-hybridized carbons (Fsp3) is 0.682. The lowest BCUT2D eigenvalue weighted by atomic mass is 9.97. The highest BCUT2D eigenvalue weighted by Gasteiger charge is 2.37. The summed E-state index contributed by atoms with van der Waals surface area (Å²) in [6, 6.07) is 20.3. The number of carbonyl (C=O) groups is 2. The Morgan fingerprint density at radius 1 is 0.782 bits per heavy atom. The van der Waals surface area contributed by atoms with E-state index in [0.717, 1.165) is 96.0 Å². The average molecular weight is 769 g/mol. The maximum atomic E-state index is 12.2. The Morgan fingerprint density at radius 2 is 1.25 bits per heavy atom. The smallest absolute Gasteiger partial charge is 0.306 e. The van der Waals surface area contributed by atoms with Gasteiger partial charge in [0.1, 0.15) is 13.2 Å². The van der Waals surface area contributed by atoms with Crippen molar-refractivity contribution in [3.63, 3.8) is 0 Å². The Labute approximate surface area is 333 Å². The van der Waals surface area contributed by atoms with Crippen molar-refractivity contribution >= 4 is 11.9 Å². The van der Waals surface area contributed by atoms with Crippen LogP contribution in [0, 0.1) is 0 Å². The maximum Gasteiger partial charge on any atom is 0.306 e. The predicted molar refractivity (Wildman–Crippen MR) is 225 cm³/mol. The first kappa shape index (κ1) is 48.2. The molecule has 4 rings (SSSR count). The molecule has 0 amide bonds. The van der Waals surface area contributed by atoms with Crippen LogP contribution < -0.4 is 11.1 Å². The number of nitrogens with one attached hydrogen (secondary N) is 1. The molecule has 4 unspecified atom stereocenters. The normalized spacial score (nSPS) is 22.2. The van der Waals surface area contributed by atoms with E-state index in [2.05, 4.69) is 73.4 Å². The molecule has 0 radical (unpaired) electrons. The summed E-state index contributed by atoms with van der Waals surface area (Å²) in [5, 5.41) is 10.9. The van der Waals surface area contributed by atoms with Crippen molar-refractivity contribution < 1.29 is 24.2 Å². The summed E-state index contributed by atoms with van der Waals surface area (Å²) in [4.78, 5) is 34.3. The molecule has 0 bridgehead atoms. The Morgan fingerprint density at radius 3 is 1.71 bits per heavy atom. The molecule has 55 heavy (non-hydrogen) atoms. The van der Waals surface area contributed by atoms with Gasteiger partial charge in [-0.2, -0.15) is 0 Å². The van der Waals surface area contributed by atoms with Crippen molar-refractivity contribution in [2.75, 3.05) is 78.6 Å². The third-order valence-corrected chi connectivity index (χ3v) is 10.7. The van der Waals surface area contributed by atoms with E-state index < -0.39 is 0 Å². The standard InChI is InChI=1S/C24H41N3O2.C18H29N3O2.C2H6O/c1-6-25-16-17-26(20-24(5,19-25)27(7-2)8-3)21(4)14-15-23(28)29-18-22-12-10-9-11-13-22;1-15(21-11-10-20-13-18(2,19)14-21)8-9-17(22)23-12-16-6-4-3-5-7-16;1-2-3/h9-13,21H,6-8,14-20H2,1-5H3;3-7,15,20H,8-14,19H2,1-2H3;3H,2H2,1H3. The third kappa shape index (κ3) is 18.7. The first-order valence-corrected chi connectivity index (χ1v) is 20.7. The maximum absolute atomic E-state index is 12.2. The fourth-order valence-electron chi connectivity index (χ4n) is 7.44. The molecule has 2 fully saturated rings. The van der Waals surface area contributed by atoms with Crippen molar-refractivity contribution in [1.29, 1.82) is 0 Å². The number of ether oxygens (including phenoxy) is 2. The summed E-state index contributed by atoms with van der Waals surface area (Å²) >= 11 is 0. The van der Waals surface area contributed by atoms with E-state index in [-0.39, 0.29) is 29.6 Å². The lowest BCUT2D eigenvalue weighted by Gasteiger charge is -2.44. The second-order valence-electron chi connectivity index (χ2n) is 15.7. The van der Waals surface area contributed by atoms with Gasteiger partial charge in [-0.1, -0.05) is 81.4 Å². The van der Waals surface area contributed by atoms with Crippen LogP contribution in [0.2, 0.25) is 0 Å². The summed E-state index contributed by atoms with van der Waals surface area (Å²) in [5.74, 6) is -0.235. The predicted octanol–water partition coefficient (Wildman–Crippen LogP) is 5.16. The van der Waals surface area contributed by atoms with Gasteiger partial charge in [-0.25, -0.2) is 0 Å². The molecule has 2 aromatic rings. The van der Waals surface area contributed by atoms with Gasteiger partial charge in [-0.05, 0) is 78.2 Å². The molecule has 11 nitrogen and oxygen atoms in total.